The van der Waals surface area contributed by atoms with Crippen LogP contribution in [0.5, 0.6) is 0 Å². The number of carbonyl (C=O) groups is 1. The summed E-state index contributed by atoms with van der Waals surface area (Å²) in [4.78, 5) is 22.1. The molecule has 8 heteroatoms. The molecule has 0 aliphatic heterocycles. The van der Waals surface area contributed by atoms with Crippen LogP contribution in [0.4, 0.5) is 5.69 Å². The average Bonchev–Trinajstić information content (AvgIpc) is 2.48. The number of amides is 1. The summed E-state index contributed by atoms with van der Waals surface area (Å²) in [6.07, 6.45) is 1.31. The Morgan fingerprint density at radius 1 is 1.32 bits per heavy atom. The fourth-order valence-corrected chi connectivity index (χ4v) is 2.34. The Hall–Kier alpha value is -2.00. The molecule has 1 N–H and O–H groups in total. The molecular formula is C14H9ClIN3O3. The first-order chi connectivity index (χ1) is 10.5. The van der Waals surface area contributed by atoms with Crippen LogP contribution in [-0.4, -0.2) is 17.0 Å². The van der Waals surface area contributed by atoms with Crippen molar-refractivity contribution in [2.24, 2.45) is 5.10 Å². The lowest BCUT2D eigenvalue weighted by Crippen LogP contribution is -2.17. The molecule has 22 heavy (non-hydrogen) atoms. The van der Waals surface area contributed by atoms with E-state index in [9.17, 15) is 14.9 Å². The number of halogens is 2. The van der Waals surface area contributed by atoms with Gasteiger partial charge in [-0.3, -0.25) is 14.9 Å². The molecule has 0 aliphatic carbocycles. The van der Waals surface area contributed by atoms with E-state index in [1.54, 1.807) is 24.3 Å². The van der Waals surface area contributed by atoms with Gasteiger partial charge in [0.2, 0.25) is 0 Å². The van der Waals surface area contributed by atoms with Gasteiger partial charge in [0.15, 0.2) is 0 Å². The van der Waals surface area contributed by atoms with Crippen molar-refractivity contribution in [1.82, 2.24) is 5.43 Å². The second-order valence-corrected chi connectivity index (χ2v) is 5.83. The number of hydrogen-bond donors (Lipinski definition) is 1. The molecule has 0 atom stereocenters. The van der Waals surface area contributed by atoms with Crippen molar-refractivity contribution in [3.8, 4) is 0 Å². The quantitative estimate of drug-likeness (QED) is 0.349. The van der Waals surface area contributed by atoms with Gasteiger partial charge >= 0.3 is 0 Å². The molecule has 0 fully saturated rings. The lowest BCUT2D eigenvalue weighted by atomic mass is 10.2. The third-order valence-corrected chi connectivity index (χ3v) is 3.62. The Labute approximate surface area is 144 Å². The molecule has 0 saturated heterocycles. The first-order valence-electron chi connectivity index (χ1n) is 6.00. The fraction of sp³-hybridized carbons (Fsp3) is 0. The van der Waals surface area contributed by atoms with Crippen LogP contribution < -0.4 is 5.43 Å². The van der Waals surface area contributed by atoms with Crippen LogP contribution in [0.1, 0.15) is 15.9 Å². The minimum absolute atomic E-state index is 0.0463. The minimum atomic E-state index is -0.579. The smallest absolute Gasteiger partial charge is 0.267 e. The van der Waals surface area contributed by atoms with Gasteiger partial charge in [-0.05, 0) is 46.9 Å². The summed E-state index contributed by atoms with van der Waals surface area (Å²) < 4.78 is 0.933. The Morgan fingerprint density at radius 3 is 2.77 bits per heavy atom. The van der Waals surface area contributed by atoms with E-state index in [0.29, 0.717) is 11.1 Å². The monoisotopic (exact) mass is 429 g/mol. The van der Waals surface area contributed by atoms with Crippen LogP contribution in [0.2, 0.25) is 5.02 Å². The summed E-state index contributed by atoms with van der Waals surface area (Å²) in [5.74, 6) is -0.363. The Morgan fingerprint density at radius 2 is 2.09 bits per heavy atom. The molecule has 0 aliphatic rings. The second-order valence-electron chi connectivity index (χ2n) is 4.18. The van der Waals surface area contributed by atoms with E-state index >= 15 is 0 Å². The zero-order valence-corrected chi connectivity index (χ0v) is 13.9. The molecule has 6 nitrogen and oxygen atoms in total. The van der Waals surface area contributed by atoms with Gasteiger partial charge in [-0.25, -0.2) is 5.43 Å². The molecule has 0 heterocycles. The van der Waals surface area contributed by atoms with Crippen LogP contribution in [0.3, 0.4) is 0 Å². The maximum atomic E-state index is 11.9. The van der Waals surface area contributed by atoms with Crippen LogP contribution in [0.25, 0.3) is 0 Å². The molecular weight excluding hydrogens is 421 g/mol. The Bertz CT molecular complexity index is 765. The first kappa shape index (κ1) is 16.4. The van der Waals surface area contributed by atoms with Crippen molar-refractivity contribution in [2.45, 2.75) is 0 Å². The number of nitrogens with zero attached hydrogens (tertiary/aromatic N) is 2. The average molecular weight is 430 g/mol. The van der Waals surface area contributed by atoms with E-state index in [-0.39, 0.29) is 16.6 Å². The van der Waals surface area contributed by atoms with Crippen LogP contribution in [-0.2, 0) is 0 Å². The van der Waals surface area contributed by atoms with Gasteiger partial charge in [-0.1, -0.05) is 23.7 Å². The predicted molar refractivity (Wildman–Crippen MR) is 92.3 cm³/mol. The first-order valence-corrected chi connectivity index (χ1v) is 7.46. The largest absolute Gasteiger partial charge is 0.288 e. The highest BCUT2D eigenvalue weighted by atomic mass is 127. The lowest BCUT2D eigenvalue weighted by Gasteiger charge is -2.00. The molecule has 0 unspecified atom stereocenters. The van der Waals surface area contributed by atoms with E-state index in [0.717, 1.165) is 3.57 Å². The van der Waals surface area contributed by atoms with Gasteiger partial charge in [-0.15, -0.1) is 0 Å². The van der Waals surface area contributed by atoms with Crippen molar-refractivity contribution < 1.29 is 9.72 Å². The SMILES string of the molecule is O=C(N/N=C\c1ccc(Cl)c([N+](=O)[O-])c1)c1cccc(I)c1. The van der Waals surface area contributed by atoms with Gasteiger partial charge in [0.1, 0.15) is 5.02 Å². The number of nitro groups is 1. The summed E-state index contributed by atoms with van der Waals surface area (Å²) in [5.41, 5.74) is 3.08. The zero-order chi connectivity index (χ0) is 16.1. The molecule has 0 aromatic heterocycles. The van der Waals surface area contributed by atoms with Crippen molar-refractivity contribution >= 4 is 52.0 Å². The number of nitrogens with one attached hydrogen (secondary N) is 1. The molecule has 2 aromatic carbocycles. The van der Waals surface area contributed by atoms with Gasteiger partial charge in [0.25, 0.3) is 11.6 Å². The molecule has 0 bridgehead atoms. The van der Waals surface area contributed by atoms with Crippen molar-refractivity contribution in [1.29, 1.82) is 0 Å². The maximum Gasteiger partial charge on any atom is 0.288 e. The van der Waals surface area contributed by atoms with Crippen molar-refractivity contribution in [2.75, 3.05) is 0 Å². The summed E-state index contributed by atoms with van der Waals surface area (Å²) >= 11 is 7.82. The number of nitro benzene ring substituents is 1. The zero-order valence-electron chi connectivity index (χ0n) is 11.0. The Kier molecular flexibility index (Phi) is 5.45. The number of hydrogen-bond acceptors (Lipinski definition) is 4. The lowest BCUT2D eigenvalue weighted by molar-refractivity contribution is -0.384. The standard InChI is InChI=1S/C14H9ClIN3O3/c15-12-5-4-9(6-13(12)19(21)22)8-17-18-14(20)10-2-1-3-11(16)7-10/h1-8H,(H,18,20)/b17-8-. The van der Waals surface area contributed by atoms with Gasteiger partial charge in [-0.2, -0.15) is 5.10 Å². The summed E-state index contributed by atoms with van der Waals surface area (Å²) in [6, 6.07) is 11.3. The van der Waals surface area contributed by atoms with Gasteiger partial charge in [0.05, 0.1) is 11.1 Å². The van der Waals surface area contributed by atoms with Crippen LogP contribution in [0.15, 0.2) is 47.6 Å². The summed E-state index contributed by atoms with van der Waals surface area (Å²) in [5, 5.41) is 14.6. The van der Waals surface area contributed by atoms with Crippen LogP contribution >= 0.6 is 34.2 Å². The van der Waals surface area contributed by atoms with E-state index in [1.165, 1.54) is 18.3 Å². The molecule has 1 amide bonds. The summed E-state index contributed by atoms with van der Waals surface area (Å²) in [6.45, 7) is 0. The van der Waals surface area contributed by atoms with Crippen molar-refractivity contribution in [3.05, 3.63) is 72.3 Å². The molecule has 2 rings (SSSR count). The number of benzene rings is 2. The fourth-order valence-electron chi connectivity index (χ4n) is 1.61. The van der Waals surface area contributed by atoms with E-state index < -0.39 is 4.92 Å². The molecule has 112 valence electrons. The summed E-state index contributed by atoms with van der Waals surface area (Å²) in [7, 11) is 0. The highest BCUT2D eigenvalue weighted by Crippen LogP contribution is 2.24. The van der Waals surface area contributed by atoms with Crippen molar-refractivity contribution in [3.63, 3.8) is 0 Å². The molecule has 2 aromatic rings. The van der Waals surface area contributed by atoms with E-state index in [1.807, 2.05) is 6.07 Å². The highest BCUT2D eigenvalue weighted by molar-refractivity contribution is 14.1. The second kappa shape index (κ2) is 7.32. The molecule has 0 saturated carbocycles. The van der Waals surface area contributed by atoms with Gasteiger partial charge in [0, 0.05) is 20.8 Å². The van der Waals surface area contributed by atoms with E-state index in [4.69, 9.17) is 11.6 Å². The van der Waals surface area contributed by atoms with Crippen LogP contribution in [0, 0.1) is 13.7 Å². The highest BCUT2D eigenvalue weighted by Gasteiger charge is 2.11. The molecule has 0 radical (unpaired) electrons. The van der Waals surface area contributed by atoms with E-state index in [2.05, 4.69) is 33.1 Å². The number of hydrazone groups is 1. The third-order valence-electron chi connectivity index (χ3n) is 2.63. The topological polar surface area (TPSA) is 84.6 Å². The number of rotatable bonds is 4. The number of carbonyl (C=O) groups excluding carboxylic acids is 1. The third kappa shape index (κ3) is 4.25. The van der Waals surface area contributed by atoms with Gasteiger partial charge < -0.3 is 0 Å². The maximum absolute atomic E-state index is 11.9. The Balaban J connectivity index is 2.08. The minimum Gasteiger partial charge on any atom is -0.267 e. The predicted octanol–water partition coefficient (Wildman–Crippen LogP) is 3.62. The molecule has 0 spiro atoms. The normalized spacial score (nSPS) is 10.6.